The molecule has 1 amide bonds. The first-order chi connectivity index (χ1) is 10.2. The Kier molecular flexibility index (Phi) is 5.26. The molecule has 2 rings (SSSR count). The lowest BCUT2D eigenvalue weighted by Crippen LogP contribution is -2.47. The summed E-state index contributed by atoms with van der Waals surface area (Å²) in [6.07, 6.45) is 0. The zero-order chi connectivity index (χ0) is 16.5. The second-order valence-electron chi connectivity index (χ2n) is 5.53. The first kappa shape index (κ1) is 17.4. The third-order valence-corrected chi connectivity index (χ3v) is 6.54. The molecule has 0 atom stereocenters. The van der Waals surface area contributed by atoms with Gasteiger partial charge in [-0.15, -0.1) is 0 Å². The molecule has 1 aromatic rings. The molecule has 0 aromatic heterocycles. The number of carbonyl (C=O) groups excluding carboxylic acids is 1. The minimum absolute atomic E-state index is 0.109. The van der Waals surface area contributed by atoms with Gasteiger partial charge in [-0.05, 0) is 41.2 Å². The lowest BCUT2D eigenvalue weighted by molar-refractivity contribution is 0.0664. The van der Waals surface area contributed by atoms with E-state index in [4.69, 9.17) is 0 Å². The zero-order valence-electron chi connectivity index (χ0n) is 12.9. The Balaban J connectivity index is 2.32. The van der Waals surface area contributed by atoms with Crippen LogP contribution in [-0.2, 0) is 10.0 Å². The van der Waals surface area contributed by atoms with Gasteiger partial charge in [0.1, 0.15) is 0 Å². The van der Waals surface area contributed by atoms with Gasteiger partial charge >= 0.3 is 0 Å². The van der Waals surface area contributed by atoms with Gasteiger partial charge < -0.3 is 9.80 Å². The van der Waals surface area contributed by atoms with Crippen LogP contribution in [0.3, 0.4) is 0 Å². The molecule has 1 heterocycles. The molecular weight excluding hydrogens is 370 g/mol. The molecule has 0 bridgehead atoms. The van der Waals surface area contributed by atoms with E-state index in [-0.39, 0.29) is 10.8 Å². The van der Waals surface area contributed by atoms with Crippen molar-refractivity contribution in [2.75, 3.05) is 47.3 Å². The highest BCUT2D eigenvalue weighted by Crippen LogP contribution is 2.26. The van der Waals surface area contributed by atoms with Gasteiger partial charge in [-0.1, -0.05) is 0 Å². The minimum atomic E-state index is -3.60. The molecule has 0 N–H and O–H groups in total. The smallest absolute Gasteiger partial charge is 0.253 e. The monoisotopic (exact) mass is 389 g/mol. The Morgan fingerprint density at radius 2 is 1.77 bits per heavy atom. The van der Waals surface area contributed by atoms with Gasteiger partial charge in [-0.2, -0.15) is 0 Å². The molecule has 122 valence electrons. The number of nitrogens with zero attached hydrogens (tertiary/aromatic N) is 3. The number of amides is 1. The van der Waals surface area contributed by atoms with Crippen molar-refractivity contribution in [1.82, 2.24) is 14.1 Å². The van der Waals surface area contributed by atoms with Gasteiger partial charge in [-0.3, -0.25) is 4.79 Å². The van der Waals surface area contributed by atoms with Crippen molar-refractivity contribution in [2.45, 2.75) is 4.90 Å². The highest BCUT2D eigenvalue weighted by molar-refractivity contribution is 9.10. The fraction of sp³-hybridized carbons (Fsp3) is 0.500. The van der Waals surface area contributed by atoms with Crippen molar-refractivity contribution in [3.05, 3.63) is 28.2 Å². The van der Waals surface area contributed by atoms with Crippen LogP contribution in [0.2, 0.25) is 0 Å². The summed E-state index contributed by atoms with van der Waals surface area (Å²) in [7, 11) is 1.36. The average Bonchev–Trinajstić information content (AvgIpc) is 2.47. The Hall–Kier alpha value is -0.960. The van der Waals surface area contributed by atoms with Crippen LogP contribution in [0.4, 0.5) is 0 Å². The predicted octanol–water partition coefficient (Wildman–Crippen LogP) is 1.09. The third kappa shape index (κ3) is 3.51. The van der Waals surface area contributed by atoms with Gasteiger partial charge in [0.05, 0.1) is 4.90 Å². The predicted molar refractivity (Wildman–Crippen MR) is 88.4 cm³/mol. The Morgan fingerprint density at radius 1 is 1.18 bits per heavy atom. The minimum Gasteiger partial charge on any atom is -0.336 e. The normalized spacial score (nSPS) is 17.0. The summed E-state index contributed by atoms with van der Waals surface area (Å²) in [4.78, 5) is 16.6. The SMILES string of the molecule is CN1CCN(C(=O)c2ccc(Br)c(S(=O)(=O)N(C)C)c2)CC1. The van der Waals surface area contributed by atoms with E-state index in [1.54, 1.807) is 17.0 Å². The van der Waals surface area contributed by atoms with E-state index in [0.717, 1.165) is 17.4 Å². The van der Waals surface area contributed by atoms with E-state index in [0.29, 0.717) is 23.1 Å². The molecule has 6 nitrogen and oxygen atoms in total. The standard InChI is InChI=1S/C14H20BrN3O3S/c1-16(2)22(20,21)13-10-11(4-5-12(13)15)14(19)18-8-6-17(3)7-9-18/h4-5,10H,6-9H2,1-3H3. The quantitative estimate of drug-likeness (QED) is 0.775. The maximum absolute atomic E-state index is 12.6. The van der Waals surface area contributed by atoms with E-state index in [1.807, 2.05) is 7.05 Å². The maximum atomic E-state index is 12.6. The molecule has 0 unspecified atom stereocenters. The van der Waals surface area contributed by atoms with Crippen molar-refractivity contribution >= 4 is 31.9 Å². The number of hydrogen-bond acceptors (Lipinski definition) is 4. The summed E-state index contributed by atoms with van der Waals surface area (Å²) in [6, 6.07) is 4.71. The number of sulfonamides is 1. The van der Waals surface area contributed by atoms with E-state index >= 15 is 0 Å². The van der Waals surface area contributed by atoms with Gasteiger partial charge in [0, 0.05) is 50.3 Å². The van der Waals surface area contributed by atoms with Gasteiger partial charge in [0.15, 0.2) is 0 Å². The van der Waals surface area contributed by atoms with E-state index in [1.165, 1.54) is 20.2 Å². The van der Waals surface area contributed by atoms with Crippen LogP contribution >= 0.6 is 15.9 Å². The molecule has 22 heavy (non-hydrogen) atoms. The van der Waals surface area contributed by atoms with Gasteiger partial charge in [0.2, 0.25) is 10.0 Å². The molecule has 0 saturated carbocycles. The number of likely N-dealkylation sites (N-methyl/N-ethyl adjacent to an activating group) is 1. The van der Waals surface area contributed by atoms with E-state index < -0.39 is 10.0 Å². The van der Waals surface area contributed by atoms with Crippen LogP contribution < -0.4 is 0 Å². The van der Waals surface area contributed by atoms with Gasteiger partial charge in [-0.25, -0.2) is 12.7 Å². The number of rotatable bonds is 3. The third-order valence-electron chi connectivity index (χ3n) is 3.73. The molecule has 0 spiro atoms. The van der Waals surface area contributed by atoms with Gasteiger partial charge in [0.25, 0.3) is 5.91 Å². The molecule has 1 fully saturated rings. The van der Waals surface area contributed by atoms with Crippen LogP contribution in [0.5, 0.6) is 0 Å². The van der Waals surface area contributed by atoms with Crippen molar-refractivity contribution in [2.24, 2.45) is 0 Å². The second-order valence-corrected chi connectivity index (χ2v) is 8.50. The largest absolute Gasteiger partial charge is 0.336 e. The molecule has 0 radical (unpaired) electrons. The molecule has 1 saturated heterocycles. The highest BCUT2D eigenvalue weighted by atomic mass is 79.9. The average molecular weight is 390 g/mol. The zero-order valence-corrected chi connectivity index (χ0v) is 15.3. The lowest BCUT2D eigenvalue weighted by atomic mass is 10.2. The topological polar surface area (TPSA) is 60.9 Å². The summed E-state index contributed by atoms with van der Waals surface area (Å²) in [5.41, 5.74) is 0.396. The Bertz CT molecular complexity index is 668. The molecule has 0 aliphatic carbocycles. The van der Waals surface area contributed by atoms with E-state index in [9.17, 15) is 13.2 Å². The summed E-state index contributed by atoms with van der Waals surface area (Å²) >= 11 is 3.25. The van der Waals surface area contributed by atoms with E-state index in [2.05, 4.69) is 20.8 Å². The fourth-order valence-corrected chi connectivity index (χ4v) is 4.07. The molecule has 1 aromatic carbocycles. The summed E-state index contributed by atoms with van der Waals surface area (Å²) in [5, 5.41) is 0. The molecular formula is C14H20BrN3O3S. The first-order valence-electron chi connectivity index (χ1n) is 6.93. The first-order valence-corrected chi connectivity index (χ1v) is 9.16. The van der Waals surface area contributed by atoms with Crippen LogP contribution in [0, 0.1) is 0 Å². The van der Waals surface area contributed by atoms with Crippen LogP contribution in [0.25, 0.3) is 0 Å². The lowest BCUT2D eigenvalue weighted by Gasteiger charge is -2.32. The summed E-state index contributed by atoms with van der Waals surface area (Å²) < 4.78 is 26.2. The van der Waals surface area contributed by atoms with Crippen LogP contribution in [-0.4, -0.2) is 75.8 Å². The maximum Gasteiger partial charge on any atom is 0.253 e. The van der Waals surface area contributed by atoms with Crippen molar-refractivity contribution in [3.8, 4) is 0 Å². The molecule has 1 aliphatic heterocycles. The fourth-order valence-electron chi connectivity index (χ4n) is 2.22. The Morgan fingerprint density at radius 3 is 2.32 bits per heavy atom. The van der Waals surface area contributed by atoms with Crippen LogP contribution in [0.1, 0.15) is 10.4 Å². The highest BCUT2D eigenvalue weighted by Gasteiger charge is 2.25. The van der Waals surface area contributed by atoms with Crippen molar-refractivity contribution in [1.29, 1.82) is 0 Å². The number of carbonyl (C=O) groups is 1. The number of piperazine rings is 1. The van der Waals surface area contributed by atoms with Crippen molar-refractivity contribution < 1.29 is 13.2 Å². The number of halogens is 1. The summed E-state index contributed by atoms with van der Waals surface area (Å²) in [6.45, 7) is 2.96. The number of hydrogen-bond donors (Lipinski definition) is 0. The number of benzene rings is 1. The second kappa shape index (κ2) is 6.66. The molecule has 1 aliphatic rings. The van der Waals surface area contributed by atoms with Crippen LogP contribution in [0.15, 0.2) is 27.6 Å². The summed E-state index contributed by atoms with van der Waals surface area (Å²) in [5.74, 6) is -0.129. The van der Waals surface area contributed by atoms with Crippen molar-refractivity contribution in [3.63, 3.8) is 0 Å². The Labute approximate surface area is 139 Å². The molecule has 8 heteroatoms.